The van der Waals surface area contributed by atoms with Crippen LogP contribution in [0.15, 0.2) is 88.9 Å². The van der Waals surface area contributed by atoms with Crippen molar-refractivity contribution in [2.75, 3.05) is 11.1 Å². The molecule has 2 atom stereocenters. The van der Waals surface area contributed by atoms with Crippen LogP contribution in [-0.2, 0) is 23.9 Å². The Balaban J connectivity index is 1.36. The number of halogens is 1. The zero-order valence-corrected chi connectivity index (χ0v) is 23.4. The number of fused-ring (bicyclic) bond motifs is 1. The van der Waals surface area contributed by atoms with Gasteiger partial charge in [0.05, 0.1) is 0 Å². The van der Waals surface area contributed by atoms with E-state index in [-0.39, 0.29) is 16.5 Å². The van der Waals surface area contributed by atoms with Gasteiger partial charge in [0.2, 0.25) is 6.41 Å². The van der Waals surface area contributed by atoms with E-state index in [1.54, 1.807) is 0 Å². The fraction of sp³-hybridized carbons (Fsp3) is 0.143. The molecule has 41 heavy (non-hydrogen) atoms. The quantitative estimate of drug-likeness (QED) is 0.117. The van der Waals surface area contributed by atoms with E-state index < -0.39 is 41.1 Å². The smallest absolute Gasteiger partial charge is 0.356 e. The molecule has 0 spiro atoms. The molecule has 2 aromatic carbocycles. The maximum absolute atomic E-state index is 13.7. The average Bonchev–Trinajstić information content (AvgIpc) is 3.47. The summed E-state index contributed by atoms with van der Waals surface area (Å²) in [6.07, 6.45) is 1.19. The van der Waals surface area contributed by atoms with Gasteiger partial charge in [-0.1, -0.05) is 72.3 Å². The lowest BCUT2D eigenvalue weighted by atomic mass is 10.0. The second-order valence-electron chi connectivity index (χ2n) is 8.76. The monoisotopic (exact) mass is 608 g/mol. The van der Waals surface area contributed by atoms with Gasteiger partial charge in [0.15, 0.2) is 11.2 Å². The molecule has 0 radical (unpaired) electrons. The highest BCUT2D eigenvalue weighted by Crippen LogP contribution is 2.42. The second-order valence-corrected chi connectivity index (χ2v) is 11.0. The summed E-state index contributed by atoms with van der Waals surface area (Å²) in [5, 5.41) is 5.60. The first-order valence-electron chi connectivity index (χ1n) is 12.2. The first kappa shape index (κ1) is 28.3. The summed E-state index contributed by atoms with van der Waals surface area (Å²) >= 11 is 8.14. The minimum absolute atomic E-state index is 0.0217. The first-order valence-corrected chi connectivity index (χ1v) is 14.6. The van der Waals surface area contributed by atoms with Gasteiger partial charge in [-0.3, -0.25) is 24.1 Å². The molecule has 3 heterocycles. The summed E-state index contributed by atoms with van der Waals surface area (Å²) in [4.78, 5) is 68.0. The van der Waals surface area contributed by atoms with Crippen LogP contribution in [0.5, 0.6) is 0 Å². The van der Waals surface area contributed by atoms with Crippen LogP contribution in [0.25, 0.3) is 0 Å². The first-order chi connectivity index (χ1) is 19.9. The van der Waals surface area contributed by atoms with Crippen LogP contribution >= 0.6 is 34.7 Å². The number of amides is 3. The number of aromatic nitrogens is 1. The maximum Gasteiger partial charge on any atom is 0.356 e. The molecule has 2 unspecified atom stereocenters. The number of esters is 1. The lowest BCUT2D eigenvalue weighted by Gasteiger charge is -2.49. The number of carbonyl (C=O) groups is 5. The zero-order valence-electron chi connectivity index (χ0n) is 21.1. The van der Waals surface area contributed by atoms with Gasteiger partial charge in [0, 0.05) is 16.7 Å². The Morgan fingerprint density at radius 3 is 2.34 bits per heavy atom. The number of hydrogen-bond donors (Lipinski definition) is 2. The molecule has 0 aliphatic carbocycles. The number of ketones is 1. The number of β-lactam (4-membered cyclic amide) rings is 1. The van der Waals surface area contributed by atoms with Crippen LogP contribution in [0.4, 0.5) is 5.13 Å². The normalized spacial score (nSPS) is 18.1. The van der Waals surface area contributed by atoms with Crippen LogP contribution < -0.4 is 10.6 Å². The van der Waals surface area contributed by atoms with Crippen LogP contribution in [0.2, 0.25) is 0 Å². The molecular formula is C28H21ClN4O6S2. The van der Waals surface area contributed by atoms with Gasteiger partial charge >= 0.3 is 5.97 Å². The van der Waals surface area contributed by atoms with Crippen molar-refractivity contribution in [3.63, 3.8) is 0 Å². The summed E-state index contributed by atoms with van der Waals surface area (Å²) in [6.45, 7) is 0. The molecule has 13 heteroatoms. The van der Waals surface area contributed by atoms with E-state index in [1.807, 2.05) is 60.7 Å². The fourth-order valence-electron chi connectivity index (χ4n) is 4.40. The largest absolute Gasteiger partial charge is 0.448 e. The highest BCUT2D eigenvalue weighted by Gasteiger charge is 2.54. The molecule has 3 amide bonds. The van der Waals surface area contributed by atoms with Gasteiger partial charge in [0.1, 0.15) is 22.8 Å². The number of anilines is 1. The standard InChI is InChI=1S/C28H21ClN4O6S2/c29-12-11-18-13-40-26-20(32-24(36)22(35)19-14-41-28(31-19)30-15-34)25(37)33(26)21(18)27(38)39-23(16-7-3-1-4-8-16)17-9-5-2-6-10-17/h1-12,14-15,20,23,26H,13H2,(H,32,36)(H,30,31,34)/b12-11+. The van der Waals surface area contributed by atoms with Crippen LogP contribution in [0, 0.1) is 0 Å². The Morgan fingerprint density at radius 2 is 1.73 bits per heavy atom. The van der Waals surface area contributed by atoms with Crippen molar-refractivity contribution in [3.8, 4) is 0 Å². The van der Waals surface area contributed by atoms with Crippen LogP contribution in [-0.4, -0.2) is 57.0 Å². The highest BCUT2D eigenvalue weighted by atomic mass is 35.5. The summed E-state index contributed by atoms with van der Waals surface area (Å²) < 4.78 is 6.02. The van der Waals surface area contributed by atoms with E-state index in [0.717, 1.165) is 22.5 Å². The number of Topliss-reactive ketones (excluding diaryl/α,β-unsaturated/α-hetero) is 1. The number of rotatable bonds is 10. The number of allylic oxidation sites excluding steroid dienone is 1. The third-order valence-electron chi connectivity index (χ3n) is 6.30. The van der Waals surface area contributed by atoms with E-state index >= 15 is 0 Å². The van der Waals surface area contributed by atoms with Crippen LogP contribution in [0.3, 0.4) is 0 Å². The van der Waals surface area contributed by atoms with Crippen molar-refractivity contribution in [1.82, 2.24) is 15.2 Å². The number of hydrogen-bond acceptors (Lipinski definition) is 9. The highest BCUT2D eigenvalue weighted by molar-refractivity contribution is 8.00. The van der Waals surface area contributed by atoms with Gasteiger partial charge in [-0.25, -0.2) is 9.78 Å². The summed E-state index contributed by atoms with van der Waals surface area (Å²) in [6, 6.07) is 17.4. The van der Waals surface area contributed by atoms with Crippen molar-refractivity contribution >= 4 is 69.8 Å². The molecule has 0 saturated carbocycles. The molecule has 5 rings (SSSR count). The molecule has 2 aliphatic heterocycles. The predicted molar refractivity (Wildman–Crippen MR) is 154 cm³/mol. The van der Waals surface area contributed by atoms with Crippen molar-refractivity contribution in [2.24, 2.45) is 0 Å². The van der Waals surface area contributed by atoms with Crippen molar-refractivity contribution in [1.29, 1.82) is 0 Å². The molecule has 10 nitrogen and oxygen atoms in total. The Kier molecular flexibility index (Phi) is 8.62. The van der Waals surface area contributed by atoms with Gasteiger partial charge in [0.25, 0.3) is 17.6 Å². The molecule has 3 aromatic rings. The van der Waals surface area contributed by atoms with Gasteiger partial charge in [-0.05, 0) is 22.8 Å². The van der Waals surface area contributed by atoms with Crippen molar-refractivity contribution in [2.45, 2.75) is 17.5 Å². The Bertz CT molecular complexity index is 1520. The van der Waals surface area contributed by atoms with E-state index in [0.29, 0.717) is 17.7 Å². The third kappa shape index (κ3) is 5.80. The number of nitrogens with one attached hydrogen (secondary N) is 2. The van der Waals surface area contributed by atoms with E-state index in [2.05, 4.69) is 15.6 Å². The maximum atomic E-state index is 13.7. The number of carbonyl (C=O) groups excluding carboxylic acids is 5. The summed E-state index contributed by atoms with van der Waals surface area (Å²) in [5.41, 5.74) is 3.08. The predicted octanol–water partition coefficient (Wildman–Crippen LogP) is 3.63. The molecule has 1 fully saturated rings. The Hall–Kier alpha value is -4.26. The van der Waals surface area contributed by atoms with Gasteiger partial charge in [-0.2, -0.15) is 0 Å². The molecule has 2 N–H and O–H groups in total. The molecular weight excluding hydrogens is 588 g/mol. The number of benzene rings is 2. The molecule has 2 aliphatic rings. The number of thioether (sulfide) groups is 1. The Labute approximate surface area is 247 Å². The van der Waals surface area contributed by atoms with Crippen molar-refractivity contribution in [3.05, 3.63) is 106 Å². The Morgan fingerprint density at radius 1 is 1.07 bits per heavy atom. The lowest BCUT2D eigenvalue weighted by Crippen LogP contribution is -2.71. The second kappa shape index (κ2) is 12.5. The van der Waals surface area contributed by atoms with Gasteiger partial charge in [-0.15, -0.1) is 23.1 Å². The number of nitrogens with zero attached hydrogens (tertiary/aromatic N) is 2. The molecule has 208 valence electrons. The third-order valence-corrected chi connectivity index (χ3v) is 8.50. The minimum Gasteiger partial charge on any atom is -0.448 e. The lowest BCUT2D eigenvalue weighted by molar-refractivity contribution is -0.154. The molecule has 1 saturated heterocycles. The van der Waals surface area contributed by atoms with E-state index in [9.17, 15) is 24.0 Å². The topological polar surface area (TPSA) is 135 Å². The summed E-state index contributed by atoms with van der Waals surface area (Å²) in [5.74, 6) is -2.99. The van der Waals surface area contributed by atoms with Gasteiger partial charge < -0.3 is 15.4 Å². The average molecular weight is 609 g/mol. The van der Waals surface area contributed by atoms with E-state index in [1.165, 1.54) is 33.7 Å². The van der Waals surface area contributed by atoms with Crippen molar-refractivity contribution < 1.29 is 28.7 Å². The molecule has 1 aromatic heterocycles. The zero-order chi connectivity index (χ0) is 28.9. The minimum atomic E-state index is -1.05. The number of ether oxygens (including phenoxy) is 1. The van der Waals surface area contributed by atoms with Crippen LogP contribution in [0.1, 0.15) is 27.7 Å². The number of thiazole rings is 1. The molecule has 0 bridgehead atoms. The SMILES string of the molecule is O=CNc1nc(C(=O)C(=O)NC2C(=O)N3C(C(=O)OC(c4ccccc4)c4ccccc4)=C(/C=C/Cl)CSC23)cs1. The van der Waals surface area contributed by atoms with E-state index in [4.69, 9.17) is 16.3 Å². The fourth-order valence-corrected chi connectivity index (χ4v) is 6.52. The summed E-state index contributed by atoms with van der Waals surface area (Å²) in [7, 11) is 0.